The summed E-state index contributed by atoms with van der Waals surface area (Å²) in [6.45, 7) is 0.874. The summed E-state index contributed by atoms with van der Waals surface area (Å²) in [5.41, 5.74) is 3.25. The smallest absolute Gasteiger partial charge is 0.326 e. The number of nitrogens with zero attached hydrogens (tertiary/aromatic N) is 3. The summed E-state index contributed by atoms with van der Waals surface area (Å²) in [6, 6.07) is 30.3. The predicted octanol–water partition coefficient (Wildman–Crippen LogP) is 6.15. The molecule has 4 aromatic rings. The van der Waals surface area contributed by atoms with Gasteiger partial charge >= 0.3 is 18.0 Å². The Balaban J connectivity index is 1.38. The summed E-state index contributed by atoms with van der Waals surface area (Å²) < 4.78 is 17.1. The van der Waals surface area contributed by atoms with E-state index in [2.05, 4.69) is 15.0 Å². The first-order valence-corrected chi connectivity index (χ1v) is 11.6. The topological polar surface area (TPSA) is 66.4 Å². The average Bonchev–Trinajstić information content (AvgIpc) is 2.93. The van der Waals surface area contributed by atoms with Gasteiger partial charge in [-0.25, -0.2) is 0 Å². The van der Waals surface area contributed by atoms with Gasteiger partial charge < -0.3 is 14.2 Å². The van der Waals surface area contributed by atoms with Gasteiger partial charge in [0.25, 0.3) is 0 Å². The summed E-state index contributed by atoms with van der Waals surface area (Å²) in [4.78, 5) is 12.8. The van der Waals surface area contributed by atoms with Gasteiger partial charge in [0.05, 0.1) is 0 Å². The fourth-order valence-electron chi connectivity index (χ4n) is 3.13. The van der Waals surface area contributed by atoms with E-state index in [0.29, 0.717) is 19.8 Å². The third-order valence-electron chi connectivity index (χ3n) is 4.83. The zero-order valence-corrected chi connectivity index (χ0v) is 19.8. The largest absolute Gasteiger partial charge is 0.459 e. The lowest BCUT2D eigenvalue weighted by atomic mass is 10.2. The molecule has 0 unspecified atom stereocenters. The van der Waals surface area contributed by atoms with Crippen molar-refractivity contribution in [3.63, 3.8) is 0 Å². The quantitative estimate of drug-likeness (QED) is 0.244. The normalized spacial score (nSPS) is 11.3. The molecule has 0 atom stereocenters. The van der Waals surface area contributed by atoms with E-state index in [1.165, 1.54) is 0 Å². The maximum Gasteiger partial charge on any atom is 0.326 e. The molecule has 36 heavy (non-hydrogen) atoms. The SMILES string of the molecule is C(=C\c1ccccc1)/COc1nc(OC/C=C/c2ccccc2)nc(OC/C=C/c2ccccc2)n1. The summed E-state index contributed by atoms with van der Waals surface area (Å²) in [5.74, 6) is 0. The van der Waals surface area contributed by atoms with Crippen molar-refractivity contribution < 1.29 is 14.2 Å². The first-order chi connectivity index (χ1) is 17.8. The van der Waals surface area contributed by atoms with Crippen molar-refractivity contribution in [3.8, 4) is 18.0 Å². The highest BCUT2D eigenvalue weighted by Gasteiger charge is 2.09. The molecule has 0 aliphatic heterocycles. The minimum atomic E-state index is 0.131. The molecule has 180 valence electrons. The Morgan fingerprint density at radius 2 is 0.694 bits per heavy atom. The molecule has 0 saturated heterocycles. The third-order valence-corrected chi connectivity index (χ3v) is 4.83. The van der Waals surface area contributed by atoms with Gasteiger partial charge in [-0.3, -0.25) is 0 Å². The van der Waals surface area contributed by atoms with Crippen molar-refractivity contribution in [1.29, 1.82) is 0 Å². The van der Waals surface area contributed by atoms with Crippen LogP contribution in [0.15, 0.2) is 109 Å². The molecular formula is C30H27N3O3. The molecule has 1 aromatic heterocycles. The summed E-state index contributed by atoms with van der Waals surface area (Å²) >= 11 is 0. The van der Waals surface area contributed by atoms with Crippen LogP contribution in [0.3, 0.4) is 0 Å². The molecule has 3 aromatic carbocycles. The van der Waals surface area contributed by atoms with E-state index >= 15 is 0 Å². The van der Waals surface area contributed by atoms with Gasteiger partial charge in [0.1, 0.15) is 19.8 Å². The van der Waals surface area contributed by atoms with Crippen LogP contribution in [-0.4, -0.2) is 34.8 Å². The van der Waals surface area contributed by atoms with E-state index < -0.39 is 0 Å². The fraction of sp³-hybridized carbons (Fsp3) is 0.100. The van der Waals surface area contributed by atoms with Crippen molar-refractivity contribution in [2.24, 2.45) is 0 Å². The van der Waals surface area contributed by atoms with Crippen LogP contribution in [0.25, 0.3) is 18.2 Å². The Labute approximate surface area is 211 Å². The van der Waals surface area contributed by atoms with Crippen molar-refractivity contribution >= 4 is 18.2 Å². The molecule has 6 heteroatoms. The maximum absolute atomic E-state index is 5.72. The van der Waals surface area contributed by atoms with E-state index in [-0.39, 0.29) is 18.0 Å². The number of hydrogen-bond acceptors (Lipinski definition) is 6. The molecule has 0 aliphatic rings. The molecule has 0 saturated carbocycles. The van der Waals surface area contributed by atoms with Crippen LogP contribution in [0, 0.1) is 0 Å². The van der Waals surface area contributed by atoms with Crippen LogP contribution < -0.4 is 14.2 Å². The Morgan fingerprint density at radius 1 is 0.417 bits per heavy atom. The summed E-state index contributed by atoms with van der Waals surface area (Å²) in [6.07, 6.45) is 11.6. The predicted molar refractivity (Wildman–Crippen MR) is 143 cm³/mol. The highest BCUT2D eigenvalue weighted by molar-refractivity contribution is 5.50. The number of aromatic nitrogens is 3. The summed E-state index contributed by atoms with van der Waals surface area (Å²) in [7, 11) is 0. The monoisotopic (exact) mass is 477 g/mol. The lowest BCUT2D eigenvalue weighted by molar-refractivity contribution is 0.268. The van der Waals surface area contributed by atoms with Crippen LogP contribution in [0.1, 0.15) is 16.7 Å². The van der Waals surface area contributed by atoms with Crippen molar-refractivity contribution in [1.82, 2.24) is 15.0 Å². The van der Waals surface area contributed by atoms with Crippen LogP contribution in [0.4, 0.5) is 0 Å². The van der Waals surface area contributed by atoms with Gasteiger partial charge in [-0.1, -0.05) is 109 Å². The lowest BCUT2D eigenvalue weighted by Crippen LogP contribution is -2.07. The first-order valence-electron chi connectivity index (χ1n) is 11.6. The van der Waals surface area contributed by atoms with E-state index in [4.69, 9.17) is 14.2 Å². The Hall–Kier alpha value is -4.71. The van der Waals surface area contributed by atoms with Crippen LogP contribution in [0.2, 0.25) is 0 Å². The van der Waals surface area contributed by atoms with Crippen molar-refractivity contribution in [3.05, 3.63) is 126 Å². The van der Waals surface area contributed by atoms with Gasteiger partial charge in [-0.05, 0) is 34.9 Å². The Morgan fingerprint density at radius 3 is 0.972 bits per heavy atom. The standard InChI is InChI=1S/C30H27N3O3/c1-4-13-25(14-5-1)19-10-22-34-28-31-29(35-23-11-20-26-15-6-2-7-16-26)33-30(32-28)36-24-12-21-27-17-8-3-9-18-27/h1-21H,22-24H2/b19-10+,20-11+,21-12+. The Bertz CT molecular complexity index is 1100. The average molecular weight is 478 g/mol. The molecule has 0 N–H and O–H groups in total. The van der Waals surface area contributed by atoms with Gasteiger partial charge in [0, 0.05) is 0 Å². The molecule has 6 nitrogen and oxygen atoms in total. The maximum atomic E-state index is 5.72. The highest BCUT2D eigenvalue weighted by atomic mass is 16.5. The van der Waals surface area contributed by atoms with Crippen LogP contribution in [0.5, 0.6) is 18.0 Å². The van der Waals surface area contributed by atoms with Crippen LogP contribution in [-0.2, 0) is 0 Å². The molecule has 0 radical (unpaired) electrons. The fourth-order valence-corrected chi connectivity index (χ4v) is 3.13. The minimum Gasteiger partial charge on any atom is -0.459 e. The molecule has 0 amide bonds. The molecule has 1 heterocycles. The van der Waals surface area contributed by atoms with E-state index in [0.717, 1.165) is 16.7 Å². The molecular weight excluding hydrogens is 450 g/mol. The molecule has 0 aliphatic carbocycles. The van der Waals surface area contributed by atoms with E-state index in [1.54, 1.807) is 0 Å². The first kappa shape index (κ1) is 24.4. The molecule has 4 rings (SSSR count). The number of hydrogen-bond donors (Lipinski definition) is 0. The van der Waals surface area contributed by atoms with Gasteiger partial charge in [-0.2, -0.15) is 0 Å². The number of ether oxygens (including phenoxy) is 3. The lowest BCUT2D eigenvalue weighted by Gasteiger charge is -2.07. The van der Waals surface area contributed by atoms with E-state index in [9.17, 15) is 0 Å². The second-order valence-electron chi connectivity index (χ2n) is 7.56. The van der Waals surface area contributed by atoms with Crippen LogP contribution >= 0.6 is 0 Å². The second kappa shape index (κ2) is 13.9. The molecule has 0 fully saturated rings. The number of benzene rings is 3. The molecule has 0 spiro atoms. The van der Waals surface area contributed by atoms with Gasteiger partial charge in [0.15, 0.2) is 0 Å². The number of rotatable bonds is 12. The zero-order valence-electron chi connectivity index (χ0n) is 19.8. The Kier molecular flexibility index (Phi) is 9.40. The van der Waals surface area contributed by atoms with Gasteiger partial charge in [0.2, 0.25) is 0 Å². The zero-order chi connectivity index (χ0) is 24.7. The molecule has 0 bridgehead atoms. The third kappa shape index (κ3) is 8.57. The van der Waals surface area contributed by atoms with E-state index in [1.807, 2.05) is 127 Å². The van der Waals surface area contributed by atoms with Gasteiger partial charge in [-0.15, -0.1) is 15.0 Å². The minimum absolute atomic E-state index is 0.131. The van der Waals surface area contributed by atoms with Crippen molar-refractivity contribution in [2.75, 3.05) is 19.8 Å². The second-order valence-corrected chi connectivity index (χ2v) is 7.56. The highest BCUT2D eigenvalue weighted by Crippen LogP contribution is 2.15. The van der Waals surface area contributed by atoms with Crippen molar-refractivity contribution in [2.45, 2.75) is 0 Å². The summed E-state index contributed by atoms with van der Waals surface area (Å²) in [5, 5.41) is 0.